The molecule has 1 fully saturated rings. The molecule has 0 unspecified atom stereocenters. The van der Waals surface area contributed by atoms with Crippen LogP contribution < -0.4 is 15.7 Å². The summed E-state index contributed by atoms with van der Waals surface area (Å²) >= 11 is 0. The number of hydrogen-bond acceptors (Lipinski definition) is 6. The van der Waals surface area contributed by atoms with Gasteiger partial charge in [-0.1, -0.05) is 6.07 Å². The van der Waals surface area contributed by atoms with E-state index in [9.17, 15) is 19.8 Å². The van der Waals surface area contributed by atoms with Crippen molar-refractivity contribution in [2.45, 2.75) is 12.8 Å². The second-order valence-corrected chi connectivity index (χ2v) is 6.53. The standard InChI is InChI=1S/C20H17NO6/c22-13-6-7-15-16(9-13)27-20(25)17(18(15)23)21-19(24)12-2-1-3-14(8-12)26-10-11-4-5-11/h1-3,6-9,11,22-23H,4-5,10H2,(H,21,24). The molecule has 1 aromatic heterocycles. The van der Waals surface area contributed by atoms with Crippen molar-refractivity contribution < 1.29 is 24.2 Å². The number of nitrogens with one attached hydrogen (secondary N) is 1. The summed E-state index contributed by atoms with van der Waals surface area (Å²) in [5, 5.41) is 22.4. The van der Waals surface area contributed by atoms with Crippen molar-refractivity contribution in [3.8, 4) is 17.2 Å². The van der Waals surface area contributed by atoms with Gasteiger partial charge in [0.25, 0.3) is 5.91 Å². The van der Waals surface area contributed by atoms with Gasteiger partial charge in [0, 0.05) is 11.6 Å². The van der Waals surface area contributed by atoms with Gasteiger partial charge < -0.3 is 24.7 Å². The number of fused-ring (bicyclic) bond motifs is 1. The monoisotopic (exact) mass is 367 g/mol. The first-order chi connectivity index (χ1) is 13.0. The van der Waals surface area contributed by atoms with Crippen LogP contribution in [0, 0.1) is 5.92 Å². The van der Waals surface area contributed by atoms with Gasteiger partial charge in [-0.3, -0.25) is 4.79 Å². The Balaban J connectivity index is 1.60. The Morgan fingerprint density at radius 2 is 2.00 bits per heavy atom. The first-order valence-corrected chi connectivity index (χ1v) is 8.54. The number of anilines is 1. The number of aromatic hydroxyl groups is 2. The van der Waals surface area contributed by atoms with E-state index in [2.05, 4.69) is 5.32 Å². The molecule has 4 rings (SSSR count). The predicted octanol–water partition coefficient (Wildman–Crippen LogP) is 3.25. The average molecular weight is 367 g/mol. The van der Waals surface area contributed by atoms with Gasteiger partial charge in [0.1, 0.15) is 17.1 Å². The third kappa shape index (κ3) is 3.57. The Labute approximate surface area is 153 Å². The molecular weight excluding hydrogens is 350 g/mol. The zero-order valence-electron chi connectivity index (χ0n) is 14.3. The van der Waals surface area contributed by atoms with Gasteiger partial charge in [0.15, 0.2) is 11.4 Å². The van der Waals surface area contributed by atoms with Gasteiger partial charge in [-0.05, 0) is 49.1 Å². The van der Waals surface area contributed by atoms with Gasteiger partial charge in [0.2, 0.25) is 0 Å². The molecule has 0 bridgehead atoms. The van der Waals surface area contributed by atoms with Crippen LogP contribution in [0.25, 0.3) is 11.0 Å². The fourth-order valence-corrected chi connectivity index (χ4v) is 2.69. The number of ether oxygens (including phenoxy) is 1. The first-order valence-electron chi connectivity index (χ1n) is 8.54. The zero-order chi connectivity index (χ0) is 19.0. The summed E-state index contributed by atoms with van der Waals surface area (Å²) in [6, 6.07) is 10.5. The molecule has 27 heavy (non-hydrogen) atoms. The van der Waals surface area contributed by atoms with E-state index in [4.69, 9.17) is 9.15 Å². The fraction of sp³-hybridized carbons (Fsp3) is 0.200. The minimum atomic E-state index is -0.917. The predicted molar refractivity (Wildman–Crippen MR) is 98.4 cm³/mol. The fourth-order valence-electron chi connectivity index (χ4n) is 2.69. The molecule has 2 aromatic carbocycles. The van der Waals surface area contributed by atoms with E-state index in [1.165, 1.54) is 18.2 Å². The van der Waals surface area contributed by atoms with Crippen LogP contribution in [0.5, 0.6) is 17.2 Å². The maximum absolute atomic E-state index is 12.5. The molecule has 1 aliphatic rings. The summed E-state index contributed by atoms with van der Waals surface area (Å²) < 4.78 is 10.7. The quantitative estimate of drug-likeness (QED) is 0.597. The molecule has 138 valence electrons. The van der Waals surface area contributed by atoms with Crippen LogP contribution in [0.3, 0.4) is 0 Å². The molecule has 0 radical (unpaired) electrons. The van der Waals surface area contributed by atoms with Crippen LogP contribution >= 0.6 is 0 Å². The summed E-state index contributed by atoms with van der Waals surface area (Å²) in [7, 11) is 0. The lowest BCUT2D eigenvalue weighted by Crippen LogP contribution is -2.18. The van der Waals surface area contributed by atoms with Crippen LogP contribution in [-0.2, 0) is 0 Å². The van der Waals surface area contributed by atoms with E-state index >= 15 is 0 Å². The highest BCUT2D eigenvalue weighted by atomic mass is 16.5. The number of carbonyl (C=O) groups excluding carboxylic acids is 1. The average Bonchev–Trinajstić information content (AvgIpc) is 3.48. The highest BCUT2D eigenvalue weighted by Gasteiger charge is 2.22. The van der Waals surface area contributed by atoms with Gasteiger partial charge >= 0.3 is 5.63 Å². The minimum absolute atomic E-state index is 0.0194. The lowest BCUT2D eigenvalue weighted by atomic mass is 10.1. The molecule has 0 spiro atoms. The molecule has 0 atom stereocenters. The van der Waals surface area contributed by atoms with Crippen molar-refractivity contribution in [1.82, 2.24) is 0 Å². The van der Waals surface area contributed by atoms with E-state index in [0.717, 1.165) is 12.8 Å². The lowest BCUT2D eigenvalue weighted by molar-refractivity contribution is 0.102. The van der Waals surface area contributed by atoms with Crippen molar-refractivity contribution >= 4 is 22.6 Å². The Kier molecular flexibility index (Phi) is 4.19. The number of carbonyl (C=O) groups is 1. The maximum atomic E-state index is 12.5. The van der Waals surface area contributed by atoms with Crippen LogP contribution in [0.1, 0.15) is 23.2 Å². The molecule has 1 aliphatic carbocycles. The summed E-state index contributed by atoms with van der Waals surface area (Å²) in [4.78, 5) is 24.6. The van der Waals surface area contributed by atoms with Crippen LogP contribution in [0.15, 0.2) is 51.7 Å². The normalized spacial score (nSPS) is 13.5. The number of rotatable bonds is 5. The molecule has 7 nitrogen and oxygen atoms in total. The molecule has 7 heteroatoms. The van der Waals surface area contributed by atoms with Crippen molar-refractivity contribution in [3.05, 3.63) is 58.4 Å². The van der Waals surface area contributed by atoms with Crippen molar-refractivity contribution in [3.63, 3.8) is 0 Å². The number of phenols is 1. The highest BCUT2D eigenvalue weighted by molar-refractivity contribution is 6.06. The molecule has 1 saturated carbocycles. The summed E-state index contributed by atoms with van der Waals surface area (Å²) in [5.41, 5.74) is -0.971. The summed E-state index contributed by atoms with van der Waals surface area (Å²) in [6.45, 7) is 0.618. The number of phenolic OH excluding ortho intramolecular Hbond substituents is 1. The van der Waals surface area contributed by atoms with Gasteiger partial charge in [-0.2, -0.15) is 0 Å². The van der Waals surface area contributed by atoms with Crippen molar-refractivity contribution in [1.29, 1.82) is 0 Å². The molecule has 0 aliphatic heterocycles. The number of hydrogen-bond donors (Lipinski definition) is 3. The Morgan fingerprint density at radius 1 is 1.19 bits per heavy atom. The van der Waals surface area contributed by atoms with Crippen LogP contribution in [0.2, 0.25) is 0 Å². The molecule has 1 amide bonds. The molecular formula is C20H17NO6. The van der Waals surface area contributed by atoms with Gasteiger partial charge in [-0.15, -0.1) is 0 Å². The van der Waals surface area contributed by atoms with E-state index in [-0.39, 0.29) is 28.0 Å². The van der Waals surface area contributed by atoms with E-state index in [1.54, 1.807) is 24.3 Å². The Bertz CT molecular complexity index is 1080. The SMILES string of the molecule is O=C(Nc1c(O)c2ccc(O)cc2oc1=O)c1cccc(OCC2CC2)c1. The smallest absolute Gasteiger partial charge is 0.364 e. The third-order valence-corrected chi connectivity index (χ3v) is 4.38. The second-order valence-electron chi connectivity index (χ2n) is 6.53. The molecule has 3 N–H and O–H groups in total. The van der Waals surface area contributed by atoms with Gasteiger partial charge in [-0.25, -0.2) is 4.79 Å². The maximum Gasteiger partial charge on any atom is 0.364 e. The zero-order valence-corrected chi connectivity index (χ0v) is 14.3. The van der Waals surface area contributed by atoms with Crippen molar-refractivity contribution in [2.24, 2.45) is 5.92 Å². The summed E-state index contributed by atoms with van der Waals surface area (Å²) in [5.74, 6) is 0.0501. The second kappa shape index (κ2) is 6.68. The topological polar surface area (TPSA) is 109 Å². The van der Waals surface area contributed by atoms with Gasteiger partial charge in [0.05, 0.1) is 12.0 Å². The Morgan fingerprint density at radius 3 is 2.78 bits per heavy atom. The van der Waals surface area contributed by atoms with E-state index in [0.29, 0.717) is 18.3 Å². The van der Waals surface area contributed by atoms with Crippen LogP contribution in [0.4, 0.5) is 5.69 Å². The molecule has 1 heterocycles. The van der Waals surface area contributed by atoms with Crippen molar-refractivity contribution in [2.75, 3.05) is 11.9 Å². The largest absolute Gasteiger partial charge is 0.508 e. The minimum Gasteiger partial charge on any atom is -0.508 e. The Hall–Kier alpha value is -3.48. The lowest BCUT2D eigenvalue weighted by Gasteiger charge is -2.10. The number of amides is 1. The third-order valence-electron chi connectivity index (χ3n) is 4.38. The first kappa shape index (κ1) is 17.0. The van der Waals surface area contributed by atoms with E-state index in [1.807, 2.05) is 0 Å². The number of benzene rings is 2. The molecule has 0 saturated heterocycles. The highest BCUT2D eigenvalue weighted by Crippen LogP contribution is 2.32. The molecule has 3 aromatic rings. The summed E-state index contributed by atoms with van der Waals surface area (Å²) in [6.07, 6.45) is 2.32. The van der Waals surface area contributed by atoms with E-state index < -0.39 is 17.3 Å². The van der Waals surface area contributed by atoms with Crippen LogP contribution in [-0.4, -0.2) is 22.7 Å².